The Hall–Kier alpha value is -1.95. The van der Waals surface area contributed by atoms with Crippen LogP contribution in [0.2, 0.25) is 0 Å². The predicted octanol–water partition coefficient (Wildman–Crippen LogP) is 0.0989. The van der Waals surface area contributed by atoms with Crippen LogP contribution in [0.1, 0.15) is 5.56 Å². The topological polar surface area (TPSA) is 73.7 Å². The number of hydrogen-bond acceptors (Lipinski definition) is 4. The van der Waals surface area contributed by atoms with Crippen molar-refractivity contribution in [3.63, 3.8) is 0 Å². The molecule has 0 aromatic carbocycles. The molecule has 6 nitrogen and oxygen atoms in total. The van der Waals surface area contributed by atoms with E-state index in [4.69, 9.17) is 5.11 Å². The lowest BCUT2D eigenvalue weighted by Gasteiger charge is -2.22. The van der Waals surface area contributed by atoms with Crippen molar-refractivity contribution in [1.82, 2.24) is 14.8 Å². The van der Waals surface area contributed by atoms with E-state index in [2.05, 4.69) is 4.98 Å². The first-order valence-electron chi connectivity index (χ1n) is 6.02. The van der Waals surface area contributed by atoms with Crippen LogP contribution in [0, 0.1) is 0 Å². The van der Waals surface area contributed by atoms with Crippen molar-refractivity contribution in [3.05, 3.63) is 30.1 Å². The van der Waals surface area contributed by atoms with Gasteiger partial charge in [-0.3, -0.25) is 14.6 Å². The minimum Gasteiger partial charge on any atom is -0.480 e. The maximum Gasteiger partial charge on any atom is 0.323 e. The summed E-state index contributed by atoms with van der Waals surface area (Å²) in [5, 5.41) is 8.84. The smallest absolute Gasteiger partial charge is 0.323 e. The molecule has 1 N–H and O–H groups in total. The van der Waals surface area contributed by atoms with Gasteiger partial charge in [-0.1, -0.05) is 6.07 Å². The zero-order valence-corrected chi connectivity index (χ0v) is 11.2. The van der Waals surface area contributed by atoms with Gasteiger partial charge < -0.3 is 14.9 Å². The molecule has 0 radical (unpaired) electrons. The summed E-state index contributed by atoms with van der Waals surface area (Å²) in [6.07, 6.45) is 3.42. The van der Waals surface area contributed by atoms with Crippen LogP contribution in [0.5, 0.6) is 0 Å². The summed E-state index contributed by atoms with van der Waals surface area (Å²) in [6.45, 7) is 0.761. The third-order valence-corrected chi connectivity index (χ3v) is 2.57. The molecule has 0 spiro atoms. The SMILES string of the molecule is CN(C)CCN(CC(=O)O)C(=O)Cc1cccnc1. The molecule has 0 aliphatic carbocycles. The highest BCUT2D eigenvalue weighted by Gasteiger charge is 2.17. The van der Waals surface area contributed by atoms with Gasteiger partial charge in [0.15, 0.2) is 0 Å². The minimum absolute atomic E-state index is 0.175. The average Bonchev–Trinajstić information content (AvgIpc) is 2.35. The number of carboxylic acid groups (broad SMARTS) is 1. The molecule has 1 amide bonds. The first kappa shape index (κ1) is 15.1. The molecule has 0 atom stereocenters. The Morgan fingerprint density at radius 1 is 1.32 bits per heavy atom. The van der Waals surface area contributed by atoms with E-state index in [-0.39, 0.29) is 18.9 Å². The molecular weight excluding hydrogens is 246 g/mol. The van der Waals surface area contributed by atoms with Gasteiger partial charge in [-0.15, -0.1) is 0 Å². The lowest BCUT2D eigenvalue weighted by Crippen LogP contribution is -2.40. The van der Waals surface area contributed by atoms with E-state index in [1.165, 1.54) is 4.90 Å². The van der Waals surface area contributed by atoms with Crippen molar-refractivity contribution in [2.75, 3.05) is 33.7 Å². The van der Waals surface area contributed by atoms with Crippen LogP contribution in [0.15, 0.2) is 24.5 Å². The first-order valence-corrected chi connectivity index (χ1v) is 6.02. The van der Waals surface area contributed by atoms with Crippen LogP contribution in [0.3, 0.4) is 0 Å². The Kier molecular flexibility index (Phi) is 5.95. The lowest BCUT2D eigenvalue weighted by atomic mass is 10.2. The Balaban J connectivity index is 2.62. The number of amides is 1. The summed E-state index contributed by atoms with van der Waals surface area (Å²) in [5.74, 6) is -1.20. The van der Waals surface area contributed by atoms with E-state index in [1.807, 2.05) is 19.0 Å². The molecule has 19 heavy (non-hydrogen) atoms. The van der Waals surface area contributed by atoms with E-state index in [0.717, 1.165) is 5.56 Å². The van der Waals surface area contributed by atoms with E-state index < -0.39 is 5.97 Å². The van der Waals surface area contributed by atoms with Crippen molar-refractivity contribution in [1.29, 1.82) is 0 Å². The van der Waals surface area contributed by atoms with Crippen LogP contribution in [-0.2, 0) is 16.0 Å². The molecule has 1 heterocycles. The maximum atomic E-state index is 12.1. The number of aromatic nitrogens is 1. The number of nitrogens with zero attached hydrogens (tertiary/aromatic N) is 3. The van der Waals surface area contributed by atoms with E-state index in [1.54, 1.807) is 24.5 Å². The molecule has 0 aliphatic heterocycles. The van der Waals surface area contributed by atoms with Gasteiger partial charge in [-0.2, -0.15) is 0 Å². The van der Waals surface area contributed by atoms with Crippen LogP contribution >= 0.6 is 0 Å². The van der Waals surface area contributed by atoms with Gasteiger partial charge in [-0.25, -0.2) is 0 Å². The van der Waals surface area contributed by atoms with Crippen LogP contribution < -0.4 is 0 Å². The molecule has 1 aromatic heterocycles. The molecule has 0 bridgehead atoms. The zero-order chi connectivity index (χ0) is 14.3. The number of carbonyl (C=O) groups is 2. The molecule has 1 aromatic rings. The largest absolute Gasteiger partial charge is 0.480 e. The van der Waals surface area contributed by atoms with Crippen molar-refractivity contribution in [2.24, 2.45) is 0 Å². The van der Waals surface area contributed by atoms with Gasteiger partial charge in [0.25, 0.3) is 0 Å². The molecular formula is C13H19N3O3. The van der Waals surface area contributed by atoms with Crippen molar-refractivity contribution in [3.8, 4) is 0 Å². The highest BCUT2D eigenvalue weighted by atomic mass is 16.4. The zero-order valence-electron chi connectivity index (χ0n) is 11.2. The summed E-state index contributed by atoms with van der Waals surface area (Å²) in [5.41, 5.74) is 0.785. The Morgan fingerprint density at radius 2 is 2.05 bits per heavy atom. The number of hydrogen-bond donors (Lipinski definition) is 1. The standard InChI is InChI=1S/C13H19N3O3/c1-15(2)6-7-16(10-13(18)19)12(17)8-11-4-3-5-14-9-11/h3-5,9H,6-8,10H2,1-2H3,(H,18,19). The van der Waals surface area contributed by atoms with Crippen LogP contribution in [0.4, 0.5) is 0 Å². The summed E-state index contributed by atoms with van der Waals surface area (Å²) >= 11 is 0. The molecule has 0 saturated heterocycles. The normalized spacial score (nSPS) is 10.5. The minimum atomic E-state index is -1.00. The van der Waals surface area contributed by atoms with E-state index in [9.17, 15) is 9.59 Å². The summed E-state index contributed by atoms with van der Waals surface area (Å²) in [6, 6.07) is 3.56. The summed E-state index contributed by atoms with van der Waals surface area (Å²) < 4.78 is 0. The van der Waals surface area contributed by atoms with Crippen molar-refractivity contribution in [2.45, 2.75) is 6.42 Å². The number of rotatable bonds is 7. The highest BCUT2D eigenvalue weighted by Crippen LogP contribution is 2.01. The third-order valence-electron chi connectivity index (χ3n) is 2.57. The second-order valence-corrected chi connectivity index (χ2v) is 4.55. The van der Waals surface area contributed by atoms with Crippen molar-refractivity contribution >= 4 is 11.9 Å². The van der Waals surface area contributed by atoms with Crippen LogP contribution in [-0.4, -0.2) is 65.5 Å². The fourth-order valence-corrected chi connectivity index (χ4v) is 1.57. The molecule has 104 valence electrons. The molecule has 0 saturated carbocycles. The Morgan fingerprint density at radius 3 is 2.58 bits per heavy atom. The van der Waals surface area contributed by atoms with Gasteiger partial charge in [0.2, 0.25) is 5.91 Å². The maximum absolute atomic E-state index is 12.1. The fourth-order valence-electron chi connectivity index (χ4n) is 1.57. The molecule has 0 fully saturated rings. The third kappa shape index (κ3) is 5.96. The first-order chi connectivity index (χ1) is 8.99. The van der Waals surface area contributed by atoms with Crippen LogP contribution in [0.25, 0.3) is 0 Å². The summed E-state index contributed by atoms with van der Waals surface area (Å²) in [4.78, 5) is 30.1. The highest BCUT2D eigenvalue weighted by molar-refractivity contribution is 5.82. The quantitative estimate of drug-likeness (QED) is 0.757. The second-order valence-electron chi connectivity index (χ2n) is 4.55. The number of carboxylic acids is 1. The van der Waals surface area contributed by atoms with Gasteiger partial charge in [0.05, 0.1) is 6.42 Å². The van der Waals surface area contributed by atoms with E-state index >= 15 is 0 Å². The summed E-state index contributed by atoms with van der Waals surface area (Å²) in [7, 11) is 3.76. The second kappa shape index (κ2) is 7.48. The lowest BCUT2D eigenvalue weighted by molar-refractivity contribution is -0.144. The number of likely N-dealkylation sites (N-methyl/N-ethyl adjacent to an activating group) is 1. The van der Waals surface area contributed by atoms with Gasteiger partial charge in [0, 0.05) is 25.5 Å². The molecule has 0 aliphatic rings. The average molecular weight is 265 g/mol. The number of aliphatic carboxylic acids is 1. The number of carbonyl (C=O) groups excluding carboxylic acids is 1. The van der Waals surface area contributed by atoms with Crippen molar-refractivity contribution < 1.29 is 14.7 Å². The monoisotopic (exact) mass is 265 g/mol. The molecule has 1 rings (SSSR count). The van der Waals surface area contributed by atoms with Gasteiger partial charge in [-0.05, 0) is 25.7 Å². The van der Waals surface area contributed by atoms with Gasteiger partial charge in [0.1, 0.15) is 6.54 Å². The Labute approximate surface area is 112 Å². The fraction of sp³-hybridized carbons (Fsp3) is 0.462. The molecule has 0 unspecified atom stereocenters. The molecule has 6 heteroatoms. The Bertz CT molecular complexity index is 420. The predicted molar refractivity (Wildman–Crippen MR) is 70.7 cm³/mol. The van der Waals surface area contributed by atoms with Gasteiger partial charge >= 0.3 is 5.97 Å². The number of pyridine rings is 1. The van der Waals surface area contributed by atoms with E-state index in [0.29, 0.717) is 13.1 Å².